The van der Waals surface area contributed by atoms with Crippen molar-refractivity contribution < 1.29 is 9.59 Å². The number of fused-ring (bicyclic) bond motifs is 12. The largest absolute Gasteiger partial charge is 0.341 e. The maximum Gasteiger partial charge on any atom is 0.146 e. The molecule has 0 spiro atoms. The maximum absolute atomic E-state index is 11.0. The van der Waals surface area contributed by atoms with Gasteiger partial charge in [-0.3, -0.25) is 9.59 Å². The molecule has 0 aliphatic heterocycles. The summed E-state index contributed by atoms with van der Waals surface area (Å²) in [6.45, 7) is 0. The maximum atomic E-state index is 11.0. The lowest BCUT2D eigenvalue weighted by Gasteiger charge is -2.26. The molecule has 186 valence electrons. The predicted molar refractivity (Wildman–Crippen MR) is 156 cm³/mol. The highest BCUT2D eigenvalue weighted by Gasteiger charge is 2.27. The Balaban J connectivity index is 1.24. The smallest absolute Gasteiger partial charge is 0.146 e. The molecule has 2 heterocycles. The average molecular weight is 534 g/mol. The van der Waals surface area contributed by atoms with Gasteiger partial charge in [0.2, 0.25) is 0 Å². The first kappa shape index (κ1) is 22.5. The van der Waals surface area contributed by atoms with Gasteiger partial charge in [-0.15, -0.1) is 0 Å². The number of H-pyrrole nitrogens is 2. The Kier molecular flexibility index (Phi) is 5.05. The van der Waals surface area contributed by atoms with E-state index < -0.39 is 0 Å². The van der Waals surface area contributed by atoms with Gasteiger partial charge in [-0.25, -0.2) is 9.97 Å². The topological polar surface area (TPSA) is 91.5 Å². The van der Waals surface area contributed by atoms with Gasteiger partial charge in [-0.05, 0) is 88.7 Å². The summed E-state index contributed by atoms with van der Waals surface area (Å²) in [5, 5.41) is 2.69. The molecule has 0 saturated carbocycles. The molecular formula is C30H24N4O2P2. The van der Waals surface area contributed by atoms with Crippen LogP contribution in [0.1, 0.15) is 33.6 Å². The highest BCUT2D eigenvalue weighted by Crippen LogP contribution is 2.44. The second kappa shape index (κ2) is 8.53. The molecule has 6 nitrogen and oxygen atoms in total. The Hall–Kier alpha value is -3.46. The number of aromatic amines is 2. The minimum absolute atomic E-state index is 0.0695. The minimum atomic E-state index is 0.0695. The third-order valence-corrected chi connectivity index (χ3v) is 9.67. The van der Waals surface area contributed by atoms with Crippen LogP contribution in [0.15, 0.2) is 36.4 Å². The van der Waals surface area contributed by atoms with E-state index in [-0.39, 0.29) is 17.2 Å². The van der Waals surface area contributed by atoms with Gasteiger partial charge in [0.25, 0.3) is 0 Å². The second-order valence-corrected chi connectivity index (χ2v) is 12.3. The lowest BCUT2D eigenvalue weighted by molar-refractivity contribution is 0.569. The van der Waals surface area contributed by atoms with Crippen molar-refractivity contribution in [3.8, 4) is 33.6 Å². The molecule has 38 heavy (non-hydrogen) atoms. The lowest BCUT2D eigenvalue weighted by atomic mass is 9.78. The number of carbonyl (C=O) groups is 2. The summed E-state index contributed by atoms with van der Waals surface area (Å²) >= 11 is 0. The third kappa shape index (κ3) is 3.27. The van der Waals surface area contributed by atoms with Crippen molar-refractivity contribution in [2.24, 2.45) is 0 Å². The Morgan fingerprint density at radius 3 is 1.84 bits per heavy atom. The first-order chi connectivity index (χ1) is 18.7. The van der Waals surface area contributed by atoms with E-state index in [0.29, 0.717) is 0 Å². The van der Waals surface area contributed by atoms with Gasteiger partial charge in [-0.2, -0.15) is 0 Å². The van der Waals surface area contributed by atoms with Gasteiger partial charge in [0.05, 0.1) is 11.4 Å². The van der Waals surface area contributed by atoms with E-state index in [0.717, 1.165) is 84.5 Å². The molecule has 0 amide bonds. The Bertz CT molecular complexity index is 1830. The van der Waals surface area contributed by atoms with Crippen LogP contribution in [-0.4, -0.2) is 32.0 Å². The van der Waals surface area contributed by atoms with Gasteiger partial charge < -0.3 is 9.97 Å². The molecule has 0 bridgehead atoms. The molecule has 0 fully saturated rings. The molecule has 3 aliphatic rings. The zero-order valence-electron chi connectivity index (χ0n) is 20.6. The van der Waals surface area contributed by atoms with E-state index in [1.807, 2.05) is 0 Å². The standard InChI is InChI=1S/C30H24N4O2P2/c35-13-37-29-32-26-10-8-20-19-4-5-21-17(18(19)6-7-22(20)27(26)33-29)3-1-15-12-24-16(11-23(15)21)2-9-25-28(24)34-30(31-25)38-14-36/h4-7,11-14,37-38H,1-3,8-10H2,(H,31,34)(H,32,33). The third-order valence-electron chi connectivity index (χ3n) is 8.42. The number of rotatable bonds is 4. The minimum Gasteiger partial charge on any atom is -0.341 e. The fraction of sp³-hybridized carbons (Fsp3) is 0.200. The number of carbonyl (C=O) groups excluding carboxylic acids is 2. The molecule has 0 radical (unpaired) electrons. The van der Waals surface area contributed by atoms with Crippen LogP contribution in [0, 0.1) is 0 Å². The number of hydrogen-bond acceptors (Lipinski definition) is 4. The van der Waals surface area contributed by atoms with Crippen LogP contribution in [0.25, 0.3) is 44.4 Å². The highest BCUT2D eigenvalue weighted by molar-refractivity contribution is 7.62. The number of nitrogens with one attached hydrogen (secondary N) is 2. The van der Waals surface area contributed by atoms with Crippen LogP contribution in [-0.2, 0) is 48.1 Å². The molecule has 2 atom stereocenters. The number of imidazole rings is 2. The fourth-order valence-corrected chi connectivity index (χ4v) is 7.78. The van der Waals surface area contributed by atoms with E-state index in [4.69, 9.17) is 9.97 Å². The summed E-state index contributed by atoms with van der Waals surface area (Å²) in [6, 6.07) is 15.8. The van der Waals surface area contributed by atoms with Crippen molar-refractivity contribution in [1.82, 2.24) is 19.9 Å². The molecule has 2 aromatic heterocycles. The number of aromatic nitrogens is 4. The van der Waals surface area contributed by atoms with Crippen molar-refractivity contribution >= 4 is 51.1 Å². The van der Waals surface area contributed by atoms with Gasteiger partial charge in [0.1, 0.15) is 23.2 Å². The van der Waals surface area contributed by atoms with E-state index in [2.05, 4.69) is 46.4 Å². The molecule has 0 saturated heterocycles. The molecule has 3 aromatic carbocycles. The normalized spacial score (nSPS) is 15.3. The predicted octanol–water partition coefficient (Wildman–Crippen LogP) is 4.57. The monoisotopic (exact) mass is 534 g/mol. The van der Waals surface area contributed by atoms with Crippen LogP contribution in [0.2, 0.25) is 0 Å². The zero-order chi connectivity index (χ0) is 25.4. The van der Waals surface area contributed by atoms with E-state index in [9.17, 15) is 9.59 Å². The fourth-order valence-electron chi connectivity index (χ4n) is 6.76. The van der Waals surface area contributed by atoms with Gasteiger partial charge >= 0.3 is 0 Å². The molecule has 5 aromatic rings. The highest BCUT2D eigenvalue weighted by atomic mass is 31.1. The van der Waals surface area contributed by atoms with Crippen molar-refractivity contribution in [2.45, 2.75) is 38.5 Å². The molecule has 8 heteroatoms. The van der Waals surface area contributed by atoms with E-state index >= 15 is 0 Å². The molecule has 2 N–H and O–H groups in total. The first-order valence-corrected chi connectivity index (χ1v) is 15.2. The number of aryl methyl sites for hydroxylation is 6. The number of nitrogens with zero attached hydrogens (tertiary/aromatic N) is 2. The van der Waals surface area contributed by atoms with E-state index in [1.54, 1.807) is 0 Å². The van der Waals surface area contributed by atoms with Crippen LogP contribution >= 0.6 is 17.2 Å². The number of benzene rings is 3. The number of hydrogen-bond donors (Lipinski definition) is 2. The van der Waals surface area contributed by atoms with Crippen LogP contribution in [0.5, 0.6) is 0 Å². The summed E-state index contributed by atoms with van der Waals surface area (Å²) in [5.41, 5.74) is 16.6. The van der Waals surface area contributed by atoms with Crippen molar-refractivity contribution in [1.29, 1.82) is 0 Å². The van der Waals surface area contributed by atoms with Gasteiger partial charge in [0, 0.05) is 39.7 Å². The lowest BCUT2D eigenvalue weighted by Crippen LogP contribution is -2.10. The summed E-state index contributed by atoms with van der Waals surface area (Å²) in [4.78, 5) is 38.4. The average Bonchev–Trinajstić information content (AvgIpc) is 3.55. The van der Waals surface area contributed by atoms with Gasteiger partial charge in [0.15, 0.2) is 0 Å². The van der Waals surface area contributed by atoms with Crippen molar-refractivity contribution in [3.63, 3.8) is 0 Å². The van der Waals surface area contributed by atoms with Crippen molar-refractivity contribution in [3.05, 3.63) is 70.0 Å². The zero-order valence-corrected chi connectivity index (χ0v) is 22.6. The molecule has 8 rings (SSSR count). The Labute approximate surface area is 222 Å². The first-order valence-electron chi connectivity index (χ1n) is 13.0. The van der Waals surface area contributed by atoms with E-state index in [1.165, 1.54) is 55.3 Å². The molecular weight excluding hydrogens is 510 g/mol. The Morgan fingerprint density at radius 2 is 1.13 bits per heavy atom. The quantitative estimate of drug-likeness (QED) is 0.261. The van der Waals surface area contributed by atoms with Gasteiger partial charge in [-0.1, -0.05) is 30.3 Å². The van der Waals surface area contributed by atoms with Crippen LogP contribution in [0.3, 0.4) is 0 Å². The van der Waals surface area contributed by atoms with Crippen LogP contribution < -0.4 is 11.1 Å². The summed E-state index contributed by atoms with van der Waals surface area (Å²) in [7, 11) is 0.144. The Morgan fingerprint density at radius 1 is 0.605 bits per heavy atom. The molecule has 2 unspecified atom stereocenters. The van der Waals surface area contributed by atoms with Crippen molar-refractivity contribution in [2.75, 3.05) is 0 Å². The second-order valence-electron chi connectivity index (χ2n) is 10.3. The summed E-state index contributed by atoms with van der Waals surface area (Å²) in [6.07, 6.45) is 5.84. The molecule has 3 aliphatic carbocycles. The van der Waals surface area contributed by atoms with Crippen LogP contribution in [0.4, 0.5) is 0 Å². The summed E-state index contributed by atoms with van der Waals surface area (Å²) in [5.74, 6) is 0. The SMILES string of the molecule is O=CPc1nc2c([nH]1)CCc1cc3c(cc1-2)CCc1c-3ccc2c3c(ccc12)-c1nc(PC=O)[nH]c1CC3. The summed E-state index contributed by atoms with van der Waals surface area (Å²) < 4.78 is 0.